The maximum Gasteiger partial charge on any atom is 0.0931 e. The number of allylic oxidation sites excluding steroid dienone is 1. The van der Waals surface area contributed by atoms with Crippen LogP contribution in [0.25, 0.3) is 0 Å². The summed E-state index contributed by atoms with van der Waals surface area (Å²) >= 11 is 7.33. The third-order valence-electron chi connectivity index (χ3n) is 1.64. The van der Waals surface area contributed by atoms with Crippen LogP contribution in [0.5, 0.6) is 0 Å². The Balaban J connectivity index is 0.00000144. The normalized spacial score (nSPS) is 11.8. The van der Waals surface area contributed by atoms with Crippen LogP contribution in [0.1, 0.15) is 23.8 Å². The lowest BCUT2D eigenvalue weighted by Gasteiger charge is -2.06. The van der Waals surface area contributed by atoms with Crippen molar-refractivity contribution in [2.45, 2.75) is 18.9 Å². The first kappa shape index (κ1) is 13.0. The van der Waals surface area contributed by atoms with Crippen LogP contribution in [0.15, 0.2) is 24.8 Å². The number of halogens is 2. The molecule has 1 nitrogen and oxygen atoms in total. The number of thiophene rings is 1. The average molecular weight is 238 g/mol. The Bertz CT molecular complexity index is 260. The first-order valence-corrected chi connectivity index (χ1v) is 5.05. The Morgan fingerprint density at radius 2 is 2.31 bits per heavy atom. The molecule has 1 aromatic heterocycles. The molecular formula is C9H13Cl2NS. The summed E-state index contributed by atoms with van der Waals surface area (Å²) in [7, 11) is 0. The molecule has 4 heteroatoms. The molecule has 0 saturated carbocycles. The molecule has 74 valence electrons. The van der Waals surface area contributed by atoms with Gasteiger partial charge in [0.05, 0.1) is 4.34 Å². The summed E-state index contributed by atoms with van der Waals surface area (Å²) in [6.45, 7) is 3.65. The van der Waals surface area contributed by atoms with E-state index in [1.54, 1.807) is 11.3 Å². The molecule has 0 unspecified atom stereocenters. The van der Waals surface area contributed by atoms with Gasteiger partial charge in [-0.25, -0.2) is 0 Å². The Morgan fingerprint density at radius 3 is 2.77 bits per heavy atom. The summed E-state index contributed by atoms with van der Waals surface area (Å²) in [6.07, 6.45) is 3.78. The van der Waals surface area contributed by atoms with Crippen LogP contribution in [-0.4, -0.2) is 0 Å². The molecule has 0 saturated heterocycles. The molecule has 13 heavy (non-hydrogen) atoms. The molecule has 1 aromatic rings. The monoisotopic (exact) mass is 237 g/mol. The SMILES string of the molecule is C=CCC[C@H](N)c1ccc(Cl)s1.Cl. The van der Waals surface area contributed by atoms with Gasteiger partial charge in [-0.2, -0.15) is 0 Å². The lowest BCUT2D eigenvalue weighted by atomic mass is 10.1. The van der Waals surface area contributed by atoms with Crippen LogP contribution in [0, 0.1) is 0 Å². The van der Waals surface area contributed by atoms with Gasteiger partial charge in [0.25, 0.3) is 0 Å². The molecule has 1 rings (SSSR count). The van der Waals surface area contributed by atoms with Crippen LogP contribution in [0.3, 0.4) is 0 Å². The zero-order valence-corrected chi connectivity index (χ0v) is 9.59. The third kappa shape index (κ3) is 4.14. The van der Waals surface area contributed by atoms with Crippen molar-refractivity contribution in [2.24, 2.45) is 5.73 Å². The molecule has 2 N–H and O–H groups in total. The van der Waals surface area contributed by atoms with Crippen molar-refractivity contribution in [3.05, 3.63) is 34.0 Å². The first-order valence-electron chi connectivity index (χ1n) is 3.85. The van der Waals surface area contributed by atoms with Gasteiger partial charge in [-0.3, -0.25) is 0 Å². The maximum absolute atomic E-state index is 5.90. The number of hydrogen-bond donors (Lipinski definition) is 1. The Labute approximate surface area is 94.0 Å². The van der Waals surface area contributed by atoms with Crippen LogP contribution in [0.2, 0.25) is 4.34 Å². The molecule has 1 atom stereocenters. The number of hydrogen-bond acceptors (Lipinski definition) is 2. The largest absolute Gasteiger partial charge is 0.323 e. The Hall–Kier alpha value is -0.0200. The maximum atomic E-state index is 5.90. The second-order valence-corrected chi connectivity index (χ2v) is 4.36. The minimum atomic E-state index is 0. The van der Waals surface area contributed by atoms with Gasteiger partial charge in [-0.1, -0.05) is 17.7 Å². The molecule has 0 amide bonds. The standard InChI is InChI=1S/C9H12ClNS.ClH/c1-2-3-4-7(11)8-5-6-9(10)12-8;/h2,5-7H,1,3-4,11H2;1H/t7-;/m0./s1. The van der Waals surface area contributed by atoms with E-state index in [1.807, 2.05) is 18.2 Å². The van der Waals surface area contributed by atoms with E-state index in [4.69, 9.17) is 17.3 Å². The fourth-order valence-electron chi connectivity index (χ4n) is 0.967. The number of rotatable bonds is 4. The van der Waals surface area contributed by atoms with Gasteiger partial charge in [0.2, 0.25) is 0 Å². The van der Waals surface area contributed by atoms with Crippen molar-refractivity contribution in [3.8, 4) is 0 Å². The highest BCUT2D eigenvalue weighted by Crippen LogP contribution is 2.27. The second kappa shape index (κ2) is 6.44. The van der Waals surface area contributed by atoms with Gasteiger partial charge in [-0.15, -0.1) is 30.3 Å². The topological polar surface area (TPSA) is 26.0 Å². The highest BCUT2D eigenvalue weighted by atomic mass is 35.5. The molecule has 0 radical (unpaired) electrons. The van der Waals surface area contributed by atoms with Gasteiger partial charge in [0.1, 0.15) is 0 Å². The Kier molecular flexibility index (Phi) is 6.43. The van der Waals surface area contributed by atoms with Crippen molar-refractivity contribution < 1.29 is 0 Å². The van der Waals surface area contributed by atoms with Crippen molar-refractivity contribution in [3.63, 3.8) is 0 Å². The zero-order valence-electron chi connectivity index (χ0n) is 7.20. The minimum Gasteiger partial charge on any atom is -0.323 e. The van der Waals surface area contributed by atoms with Gasteiger partial charge in [0, 0.05) is 10.9 Å². The summed E-state index contributed by atoms with van der Waals surface area (Å²) in [4.78, 5) is 1.15. The summed E-state index contributed by atoms with van der Waals surface area (Å²) < 4.78 is 0.805. The summed E-state index contributed by atoms with van der Waals surface area (Å²) in [6, 6.07) is 3.98. The molecule has 1 heterocycles. The Morgan fingerprint density at radius 1 is 1.62 bits per heavy atom. The minimum absolute atomic E-state index is 0. The van der Waals surface area contributed by atoms with E-state index in [2.05, 4.69) is 6.58 Å². The van der Waals surface area contributed by atoms with E-state index >= 15 is 0 Å². The van der Waals surface area contributed by atoms with Gasteiger partial charge in [-0.05, 0) is 25.0 Å². The smallest absolute Gasteiger partial charge is 0.0931 e. The molecular weight excluding hydrogens is 225 g/mol. The molecule has 0 bridgehead atoms. The summed E-state index contributed by atoms with van der Waals surface area (Å²) in [5, 5.41) is 0. The first-order chi connectivity index (χ1) is 5.74. The van der Waals surface area contributed by atoms with E-state index in [0.29, 0.717) is 0 Å². The van der Waals surface area contributed by atoms with Gasteiger partial charge >= 0.3 is 0 Å². The molecule has 0 aliphatic heterocycles. The van der Waals surface area contributed by atoms with Crippen molar-refractivity contribution in [2.75, 3.05) is 0 Å². The van der Waals surface area contributed by atoms with Crippen molar-refractivity contribution >= 4 is 35.3 Å². The van der Waals surface area contributed by atoms with Crippen LogP contribution in [0.4, 0.5) is 0 Å². The molecule has 0 aromatic carbocycles. The quantitative estimate of drug-likeness (QED) is 0.793. The van der Waals surface area contributed by atoms with E-state index in [1.165, 1.54) is 0 Å². The number of nitrogens with two attached hydrogens (primary N) is 1. The lowest BCUT2D eigenvalue weighted by Crippen LogP contribution is -2.07. The summed E-state index contributed by atoms with van der Waals surface area (Å²) in [5.74, 6) is 0. The fraction of sp³-hybridized carbons (Fsp3) is 0.333. The third-order valence-corrected chi connectivity index (χ3v) is 3.00. The van der Waals surface area contributed by atoms with E-state index in [0.717, 1.165) is 22.1 Å². The van der Waals surface area contributed by atoms with Gasteiger partial charge < -0.3 is 5.73 Å². The van der Waals surface area contributed by atoms with Crippen LogP contribution in [-0.2, 0) is 0 Å². The van der Waals surface area contributed by atoms with Crippen molar-refractivity contribution in [1.82, 2.24) is 0 Å². The summed E-state index contributed by atoms with van der Waals surface area (Å²) in [5.41, 5.74) is 5.90. The van der Waals surface area contributed by atoms with Crippen LogP contribution >= 0.6 is 35.3 Å². The van der Waals surface area contributed by atoms with Crippen molar-refractivity contribution in [1.29, 1.82) is 0 Å². The fourth-order valence-corrected chi connectivity index (χ4v) is 2.06. The second-order valence-electron chi connectivity index (χ2n) is 2.61. The highest BCUT2D eigenvalue weighted by molar-refractivity contribution is 7.16. The predicted octanol–water partition coefficient (Wildman–Crippen LogP) is 3.79. The zero-order chi connectivity index (χ0) is 8.97. The highest BCUT2D eigenvalue weighted by Gasteiger charge is 2.06. The molecule has 0 spiro atoms. The predicted molar refractivity (Wildman–Crippen MR) is 62.9 cm³/mol. The van der Waals surface area contributed by atoms with E-state index < -0.39 is 0 Å². The van der Waals surface area contributed by atoms with E-state index in [-0.39, 0.29) is 18.4 Å². The van der Waals surface area contributed by atoms with Gasteiger partial charge in [0.15, 0.2) is 0 Å². The molecule has 0 fully saturated rings. The molecule has 0 aliphatic carbocycles. The average Bonchev–Trinajstić information content (AvgIpc) is 2.47. The van der Waals surface area contributed by atoms with Crippen LogP contribution < -0.4 is 5.73 Å². The molecule has 0 aliphatic rings. The lowest BCUT2D eigenvalue weighted by molar-refractivity contribution is 0.673. The van der Waals surface area contributed by atoms with E-state index in [9.17, 15) is 0 Å².